The van der Waals surface area contributed by atoms with Crippen molar-refractivity contribution in [3.63, 3.8) is 0 Å². The van der Waals surface area contributed by atoms with Gasteiger partial charge in [0.15, 0.2) is 0 Å². The lowest BCUT2D eigenvalue weighted by Gasteiger charge is -2.11. The first kappa shape index (κ1) is 20.3. The van der Waals surface area contributed by atoms with Gasteiger partial charge in [-0.2, -0.15) is 0 Å². The molecule has 0 radical (unpaired) electrons. The standard InChI is InChI=1S/C22H24O5/c1-4-27-22(24)18(15-23)11-12-21(16-7-5-9-19(13-16)25-2)17-8-6-10-20(14-17)26-3/h5-14,23H,4,15H2,1-3H3. The minimum atomic E-state index is -0.535. The van der Waals surface area contributed by atoms with Gasteiger partial charge < -0.3 is 19.3 Å². The summed E-state index contributed by atoms with van der Waals surface area (Å²) in [5.74, 6) is 0.906. The van der Waals surface area contributed by atoms with Crippen molar-refractivity contribution in [3.05, 3.63) is 77.4 Å². The highest BCUT2D eigenvalue weighted by Crippen LogP contribution is 2.29. The lowest BCUT2D eigenvalue weighted by atomic mass is 9.96. The molecule has 2 aromatic rings. The predicted molar refractivity (Wildman–Crippen MR) is 105 cm³/mol. The third-order valence-corrected chi connectivity index (χ3v) is 3.92. The molecular weight excluding hydrogens is 344 g/mol. The number of rotatable bonds is 8. The zero-order valence-electron chi connectivity index (χ0n) is 15.8. The van der Waals surface area contributed by atoms with Crippen LogP contribution in [-0.4, -0.2) is 38.5 Å². The van der Waals surface area contributed by atoms with E-state index in [1.165, 1.54) is 0 Å². The van der Waals surface area contributed by atoms with Gasteiger partial charge in [-0.1, -0.05) is 30.3 Å². The van der Waals surface area contributed by atoms with Crippen molar-refractivity contribution in [2.75, 3.05) is 27.4 Å². The number of aliphatic hydroxyl groups is 1. The second-order valence-corrected chi connectivity index (χ2v) is 5.61. The third kappa shape index (κ3) is 5.46. The van der Waals surface area contributed by atoms with Crippen molar-refractivity contribution in [1.82, 2.24) is 0 Å². The SMILES string of the molecule is CCOC(=O)C(=CC=C(c1cccc(OC)c1)c1cccc(OC)c1)CO. The van der Waals surface area contributed by atoms with Crippen molar-refractivity contribution in [2.24, 2.45) is 0 Å². The molecule has 142 valence electrons. The topological polar surface area (TPSA) is 65.0 Å². The number of allylic oxidation sites excluding steroid dienone is 2. The second-order valence-electron chi connectivity index (χ2n) is 5.61. The van der Waals surface area contributed by atoms with Gasteiger partial charge in [-0.15, -0.1) is 0 Å². The Hall–Kier alpha value is -3.05. The van der Waals surface area contributed by atoms with E-state index >= 15 is 0 Å². The summed E-state index contributed by atoms with van der Waals surface area (Å²) in [5, 5.41) is 9.50. The van der Waals surface area contributed by atoms with E-state index in [2.05, 4.69) is 0 Å². The van der Waals surface area contributed by atoms with Crippen LogP contribution in [0.2, 0.25) is 0 Å². The molecule has 0 saturated carbocycles. The van der Waals surface area contributed by atoms with Crippen molar-refractivity contribution < 1.29 is 24.1 Å². The number of hydrogen-bond donors (Lipinski definition) is 1. The molecule has 0 atom stereocenters. The van der Waals surface area contributed by atoms with Crippen LogP contribution in [0.4, 0.5) is 0 Å². The Bertz CT molecular complexity index is 787. The normalized spacial score (nSPS) is 10.9. The number of aliphatic hydroxyl groups excluding tert-OH is 1. The summed E-state index contributed by atoms with van der Waals surface area (Å²) in [6.45, 7) is 1.57. The number of benzene rings is 2. The number of ether oxygens (including phenoxy) is 3. The van der Waals surface area contributed by atoms with Crippen LogP contribution in [0.15, 0.2) is 66.3 Å². The smallest absolute Gasteiger partial charge is 0.336 e. The maximum Gasteiger partial charge on any atom is 0.336 e. The molecule has 0 aliphatic carbocycles. The fourth-order valence-electron chi connectivity index (χ4n) is 2.53. The lowest BCUT2D eigenvalue weighted by Crippen LogP contribution is -2.10. The number of carbonyl (C=O) groups excluding carboxylic acids is 1. The fraction of sp³-hybridized carbons (Fsp3) is 0.227. The predicted octanol–water partition coefficient (Wildman–Crippen LogP) is 3.62. The number of hydrogen-bond acceptors (Lipinski definition) is 5. The highest BCUT2D eigenvalue weighted by molar-refractivity contribution is 5.90. The average molecular weight is 368 g/mol. The molecule has 2 rings (SSSR count). The van der Waals surface area contributed by atoms with E-state index in [1.807, 2.05) is 48.5 Å². The van der Waals surface area contributed by atoms with E-state index < -0.39 is 12.6 Å². The van der Waals surface area contributed by atoms with Gasteiger partial charge in [-0.3, -0.25) is 0 Å². The van der Waals surface area contributed by atoms with Crippen molar-refractivity contribution in [2.45, 2.75) is 6.92 Å². The quantitative estimate of drug-likeness (QED) is 0.438. The van der Waals surface area contributed by atoms with Crippen LogP contribution < -0.4 is 9.47 Å². The minimum absolute atomic E-state index is 0.181. The molecule has 0 aromatic heterocycles. The molecule has 0 spiro atoms. The highest BCUT2D eigenvalue weighted by Gasteiger charge is 2.10. The van der Waals surface area contributed by atoms with Crippen molar-refractivity contribution >= 4 is 11.5 Å². The summed E-state index contributed by atoms with van der Waals surface area (Å²) < 4.78 is 15.6. The summed E-state index contributed by atoms with van der Waals surface area (Å²) in [7, 11) is 3.22. The lowest BCUT2D eigenvalue weighted by molar-refractivity contribution is -0.138. The number of esters is 1. The Morgan fingerprint density at radius 2 is 1.52 bits per heavy atom. The van der Waals surface area contributed by atoms with Gasteiger partial charge in [0.2, 0.25) is 0 Å². The van der Waals surface area contributed by atoms with Gasteiger partial charge in [-0.25, -0.2) is 4.79 Å². The molecule has 0 bridgehead atoms. The zero-order chi connectivity index (χ0) is 19.6. The molecule has 2 aromatic carbocycles. The second kappa shape index (κ2) is 10.2. The van der Waals surface area contributed by atoms with Crippen LogP contribution in [0, 0.1) is 0 Å². The summed E-state index contributed by atoms with van der Waals surface area (Å²) >= 11 is 0. The Balaban J connectivity index is 2.56. The largest absolute Gasteiger partial charge is 0.497 e. The van der Waals surface area contributed by atoms with Gasteiger partial charge >= 0.3 is 5.97 Å². The zero-order valence-corrected chi connectivity index (χ0v) is 15.8. The van der Waals surface area contributed by atoms with Crippen LogP contribution in [0.5, 0.6) is 11.5 Å². The van der Waals surface area contributed by atoms with E-state index in [0.717, 1.165) is 28.2 Å². The maximum absolute atomic E-state index is 11.9. The van der Waals surface area contributed by atoms with Gasteiger partial charge in [0, 0.05) is 0 Å². The van der Waals surface area contributed by atoms with E-state index in [1.54, 1.807) is 33.3 Å². The Morgan fingerprint density at radius 3 is 1.96 bits per heavy atom. The molecular formula is C22H24O5. The van der Waals surface area contributed by atoms with E-state index in [0.29, 0.717) is 0 Å². The average Bonchev–Trinajstić information content (AvgIpc) is 2.71. The van der Waals surface area contributed by atoms with Gasteiger partial charge in [0.05, 0.1) is 33.0 Å². The van der Waals surface area contributed by atoms with Crippen LogP contribution in [0.3, 0.4) is 0 Å². The molecule has 27 heavy (non-hydrogen) atoms. The van der Waals surface area contributed by atoms with E-state index in [9.17, 15) is 9.90 Å². The number of methoxy groups -OCH3 is 2. The summed E-state index contributed by atoms with van der Waals surface area (Å²) in [6, 6.07) is 15.2. The highest BCUT2D eigenvalue weighted by atomic mass is 16.5. The first-order valence-corrected chi connectivity index (χ1v) is 8.60. The Kier molecular flexibility index (Phi) is 7.64. The van der Waals surface area contributed by atoms with Gasteiger partial charge in [-0.05, 0) is 54.0 Å². The maximum atomic E-state index is 11.9. The van der Waals surface area contributed by atoms with Crippen molar-refractivity contribution in [3.8, 4) is 11.5 Å². The molecule has 5 heteroatoms. The molecule has 0 heterocycles. The molecule has 0 saturated heterocycles. The summed E-state index contributed by atoms with van der Waals surface area (Å²) in [6.07, 6.45) is 3.36. The molecule has 5 nitrogen and oxygen atoms in total. The van der Waals surface area contributed by atoms with Crippen LogP contribution in [-0.2, 0) is 9.53 Å². The fourth-order valence-corrected chi connectivity index (χ4v) is 2.53. The van der Waals surface area contributed by atoms with Crippen LogP contribution >= 0.6 is 0 Å². The summed E-state index contributed by atoms with van der Waals surface area (Å²) in [5.41, 5.74) is 2.84. The van der Waals surface area contributed by atoms with Crippen LogP contribution in [0.25, 0.3) is 5.57 Å². The molecule has 0 aliphatic heterocycles. The first-order valence-electron chi connectivity index (χ1n) is 8.60. The van der Waals surface area contributed by atoms with Crippen molar-refractivity contribution in [1.29, 1.82) is 0 Å². The molecule has 0 aliphatic rings. The molecule has 1 N–H and O–H groups in total. The van der Waals surface area contributed by atoms with Gasteiger partial charge in [0.25, 0.3) is 0 Å². The van der Waals surface area contributed by atoms with E-state index in [4.69, 9.17) is 14.2 Å². The van der Waals surface area contributed by atoms with Crippen LogP contribution in [0.1, 0.15) is 18.1 Å². The summed E-state index contributed by atoms with van der Waals surface area (Å²) in [4.78, 5) is 11.9. The van der Waals surface area contributed by atoms with E-state index in [-0.39, 0.29) is 12.2 Å². The van der Waals surface area contributed by atoms with Gasteiger partial charge in [0.1, 0.15) is 11.5 Å². The number of carbonyl (C=O) groups is 1. The Morgan fingerprint density at radius 1 is 0.963 bits per heavy atom. The molecule has 0 amide bonds. The first-order chi connectivity index (χ1) is 13.1. The molecule has 0 unspecified atom stereocenters. The molecule has 0 fully saturated rings. The monoisotopic (exact) mass is 368 g/mol. The third-order valence-electron chi connectivity index (χ3n) is 3.92. The Labute approximate surface area is 159 Å². The minimum Gasteiger partial charge on any atom is -0.497 e.